The highest BCUT2D eigenvalue weighted by Gasteiger charge is 2.10. The molecule has 2 rings (SSSR count). The van der Waals surface area contributed by atoms with E-state index in [1.165, 1.54) is 42.6 Å². The zero-order valence-corrected chi connectivity index (χ0v) is 10.7. The summed E-state index contributed by atoms with van der Waals surface area (Å²) in [5.74, 6) is -2.20. The molecule has 0 radical (unpaired) electrons. The largest absolute Gasteiger partial charge is 0.477 e. The van der Waals surface area contributed by atoms with Crippen LogP contribution in [0.3, 0.4) is 0 Å². The van der Waals surface area contributed by atoms with Gasteiger partial charge in [-0.15, -0.1) is 0 Å². The van der Waals surface area contributed by atoms with Crippen LogP contribution in [0.15, 0.2) is 42.6 Å². The molecule has 0 saturated heterocycles. The fourth-order valence-electron chi connectivity index (χ4n) is 1.61. The van der Waals surface area contributed by atoms with Crippen LogP contribution in [0.5, 0.6) is 0 Å². The summed E-state index contributed by atoms with van der Waals surface area (Å²) >= 11 is 0. The summed E-state index contributed by atoms with van der Waals surface area (Å²) in [6.07, 6.45) is 1.29. The maximum Gasteiger partial charge on any atom is 0.354 e. The third-order valence-electron chi connectivity index (χ3n) is 2.67. The lowest BCUT2D eigenvalue weighted by molar-refractivity contribution is 0.0690. The van der Waals surface area contributed by atoms with Gasteiger partial charge < -0.3 is 16.2 Å². The number of carboxylic acids is 1. The van der Waals surface area contributed by atoms with Crippen molar-refractivity contribution in [2.24, 2.45) is 5.73 Å². The van der Waals surface area contributed by atoms with E-state index in [2.05, 4.69) is 10.3 Å². The molecule has 0 unspecified atom stereocenters. The number of hydrogen-bond acceptors (Lipinski definition) is 4. The maximum absolute atomic E-state index is 12.0. The topological polar surface area (TPSA) is 122 Å². The minimum atomic E-state index is -1.18. The second-order valence-corrected chi connectivity index (χ2v) is 4.13. The maximum atomic E-state index is 12.0. The molecule has 7 heteroatoms. The van der Waals surface area contributed by atoms with Crippen molar-refractivity contribution in [3.63, 3.8) is 0 Å². The molecule has 1 aromatic carbocycles. The number of nitrogens with zero attached hydrogens (tertiary/aromatic N) is 1. The first kappa shape index (κ1) is 14.2. The zero-order chi connectivity index (χ0) is 15.4. The van der Waals surface area contributed by atoms with E-state index in [0.717, 1.165) is 0 Å². The SMILES string of the molecule is NC(=O)c1ccc(C(=O)Nc2ccnc(C(=O)O)c2)cc1. The zero-order valence-electron chi connectivity index (χ0n) is 10.7. The lowest BCUT2D eigenvalue weighted by Gasteiger charge is -2.06. The molecular weight excluding hydrogens is 274 g/mol. The second-order valence-electron chi connectivity index (χ2n) is 4.13. The first-order chi connectivity index (χ1) is 9.97. The van der Waals surface area contributed by atoms with Crippen molar-refractivity contribution in [1.29, 1.82) is 0 Å². The van der Waals surface area contributed by atoms with Crippen LogP contribution in [-0.4, -0.2) is 27.9 Å². The number of carbonyl (C=O) groups is 3. The molecule has 2 aromatic rings. The van der Waals surface area contributed by atoms with Crippen molar-refractivity contribution in [2.75, 3.05) is 5.32 Å². The molecule has 0 fully saturated rings. The summed E-state index contributed by atoms with van der Waals surface area (Å²) in [6, 6.07) is 8.50. The average Bonchev–Trinajstić information content (AvgIpc) is 2.47. The number of primary amides is 1. The molecule has 0 aliphatic rings. The Morgan fingerprint density at radius 3 is 2.24 bits per heavy atom. The van der Waals surface area contributed by atoms with Crippen LogP contribution in [-0.2, 0) is 0 Å². The van der Waals surface area contributed by atoms with Gasteiger partial charge in [-0.2, -0.15) is 0 Å². The summed E-state index contributed by atoms with van der Waals surface area (Å²) in [5.41, 5.74) is 5.86. The summed E-state index contributed by atoms with van der Waals surface area (Å²) in [7, 11) is 0. The third kappa shape index (κ3) is 3.41. The highest BCUT2D eigenvalue weighted by atomic mass is 16.4. The summed E-state index contributed by atoms with van der Waals surface area (Å²) in [4.78, 5) is 37.4. The minimum absolute atomic E-state index is 0.170. The van der Waals surface area contributed by atoms with Crippen LogP contribution >= 0.6 is 0 Å². The van der Waals surface area contributed by atoms with E-state index in [1.54, 1.807) is 0 Å². The van der Waals surface area contributed by atoms with Gasteiger partial charge in [-0.1, -0.05) is 0 Å². The Morgan fingerprint density at radius 1 is 1.05 bits per heavy atom. The number of amides is 2. The number of carbonyl (C=O) groups excluding carboxylic acids is 2. The number of aromatic nitrogens is 1. The van der Waals surface area contributed by atoms with Crippen LogP contribution in [0.2, 0.25) is 0 Å². The molecule has 0 atom stereocenters. The first-order valence-electron chi connectivity index (χ1n) is 5.88. The highest BCUT2D eigenvalue weighted by Crippen LogP contribution is 2.11. The predicted molar refractivity (Wildman–Crippen MR) is 74.1 cm³/mol. The highest BCUT2D eigenvalue weighted by molar-refractivity contribution is 6.05. The van der Waals surface area contributed by atoms with E-state index < -0.39 is 17.8 Å². The lowest BCUT2D eigenvalue weighted by atomic mass is 10.1. The van der Waals surface area contributed by atoms with E-state index in [-0.39, 0.29) is 5.69 Å². The standard InChI is InChI=1S/C14H11N3O4/c15-12(18)8-1-3-9(4-2-8)13(19)17-10-5-6-16-11(7-10)14(20)21/h1-7H,(H2,15,18)(H,20,21)(H,16,17,19). The second kappa shape index (κ2) is 5.83. The van der Waals surface area contributed by atoms with E-state index >= 15 is 0 Å². The van der Waals surface area contributed by atoms with Crippen LogP contribution in [0, 0.1) is 0 Å². The summed E-state index contributed by atoms with van der Waals surface area (Å²) in [5, 5.41) is 11.4. The van der Waals surface area contributed by atoms with Gasteiger partial charge in [0.2, 0.25) is 5.91 Å². The molecule has 0 aliphatic heterocycles. The lowest BCUT2D eigenvalue weighted by Crippen LogP contribution is -2.14. The van der Waals surface area contributed by atoms with Gasteiger partial charge in [-0.05, 0) is 36.4 Å². The van der Waals surface area contributed by atoms with E-state index in [0.29, 0.717) is 16.8 Å². The number of rotatable bonds is 4. The molecule has 106 valence electrons. The third-order valence-corrected chi connectivity index (χ3v) is 2.67. The number of hydrogen-bond donors (Lipinski definition) is 3. The molecule has 21 heavy (non-hydrogen) atoms. The van der Waals surface area contributed by atoms with Gasteiger partial charge in [0.1, 0.15) is 5.69 Å². The minimum Gasteiger partial charge on any atom is -0.477 e. The summed E-state index contributed by atoms with van der Waals surface area (Å²) < 4.78 is 0. The van der Waals surface area contributed by atoms with Crippen molar-refractivity contribution < 1.29 is 19.5 Å². The average molecular weight is 285 g/mol. The molecule has 7 nitrogen and oxygen atoms in total. The molecule has 2 amide bonds. The van der Waals surface area contributed by atoms with E-state index in [1.807, 2.05) is 0 Å². The van der Waals surface area contributed by atoms with Gasteiger partial charge in [0.15, 0.2) is 0 Å². The number of benzene rings is 1. The Morgan fingerprint density at radius 2 is 1.67 bits per heavy atom. The van der Waals surface area contributed by atoms with Crippen molar-refractivity contribution in [3.05, 3.63) is 59.4 Å². The van der Waals surface area contributed by atoms with E-state index in [9.17, 15) is 14.4 Å². The molecule has 0 spiro atoms. The Bertz CT molecular complexity index is 710. The van der Waals surface area contributed by atoms with Gasteiger partial charge in [0.05, 0.1) is 0 Å². The van der Waals surface area contributed by atoms with Gasteiger partial charge >= 0.3 is 5.97 Å². The van der Waals surface area contributed by atoms with Crippen molar-refractivity contribution >= 4 is 23.5 Å². The molecule has 1 heterocycles. The van der Waals surface area contributed by atoms with Crippen LogP contribution in [0.1, 0.15) is 31.2 Å². The fourth-order valence-corrected chi connectivity index (χ4v) is 1.61. The number of anilines is 1. The molecule has 4 N–H and O–H groups in total. The number of nitrogens with two attached hydrogens (primary N) is 1. The quantitative estimate of drug-likeness (QED) is 0.777. The molecule has 1 aromatic heterocycles. The Labute approximate surface area is 119 Å². The Balaban J connectivity index is 2.16. The monoisotopic (exact) mass is 285 g/mol. The summed E-state index contributed by atoms with van der Waals surface area (Å²) in [6.45, 7) is 0. The van der Waals surface area contributed by atoms with Gasteiger partial charge in [-0.25, -0.2) is 9.78 Å². The predicted octanol–water partition coefficient (Wildman–Crippen LogP) is 1.13. The smallest absolute Gasteiger partial charge is 0.354 e. The Hall–Kier alpha value is -3.22. The van der Waals surface area contributed by atoms with Crippen LogP contribution in [0.4, 0.5) is 5.69 Å². The number of carboxylic acid groups (broad SMARTS) is 1. The van der Waals surface area contributed by atoms with Crippen molar-refractivity contribution in [2.45, 2.75) is 0 Å². The van der Waals surface area contributed by atoms with Crippen molar-refractivity contribution in [3.8, 4) is 0 Å². The van der Waals surface area contributed by atoms with Crippen LogP contribution < -0.4 is 11.1 Å². The molecular formula is C14H11N3O4. The molecule has 0 saturated carbocycles. The van der Waals surface area contributed by atoms with Gasteiger partial charge in [0, 0.05) is 23.0 Å². The fraction of sp³-hybridized carbons (Fsp3) is 0. The first-order valence-corrected chi connectivity index (χ1v) is 5.88. The van der Waals surface area contributed by atoms with E-state index in [4.69, 9.17) is 10.8 Å². The molecule has 0 aliphatic carbocycles. The normalized spacial score (nSPS) is 9.90. The van der Waals surface area contributed by atoms with Gasteiger partial charge in [0.25, 0.3) is 5.91 Å². The number of pyridine rings is 1. The number of nitrogens with one attached hydrogen (secondary N) is 1. The van der Waals surface area contributed by atoms with Crippen LogP contribution in [0.25, 0.3) is 0 Å². The van der Waals surface area contributed by atoms with Crippen molar-refractivity contribution in [1.82, 2.24) is 4.98 Å². The Kier molecular flexibility index (Phi) is 3.94. The number of aromatic carboxylic acids is 1. The van der Waals surface area contributed by atoms with Gasteiger partial charge in [-0.3, -0.25) is 9.59 Å². The molecule has 0 bridgehead atoms.